The standard InChI is InChI=1S/C21H19F3N4O3/c1-13-16(10-26-28(13)19-8-7-14(9-25-19)21(22,23)24)20(29)27(2)11-15-12-30-17-5-3-4-6-18(17)31-15/h3-10,15H,11-12H2,1-2H3/t15-/m1/s1. The fourth-order valence-electron chi connectivity index (χ4n) is 3.28. The van der Waals surface area contributed by atoms with Crippen molar-refractivity contribution in [1.29, 1.82) is 0 Å². The Morgan fingerprint density at radius 1 is 1.19 bits per heavy atom. The number of para-hydroxylation sites is 2. The molecule has 1 aliphatic rings. The molecule has 1 aliphatic heterocycles. The zero-order chi connectivity index (χ0) is 22.2. The normalized spacial score (nSPS) is 15.6. The van der Waals surface area contributed by atoms with Gasteiger partial charge >= 0.3 is 6.18 Å². The summed E-state index contributed by atoms with van der Waals surface area (Å²) in [7, 11) is 1.64. The summed E-state index contributed by atoms with van der Waals surface area (Å²) in [6.45, 7) is 2.25. The number of carbonyl (C=O) groups excluding carboxylic acids is 1. The number of amides is 1. The molecule has 0 unspecified atom stereocenters. The summed E-state index contributed by atoms with van der Waals surface area (Å²) < 4.78 is 51.1. The number of carbonyl (C=O) groups is 1. The van der Waals surface area contributed by atoms with Gasteiger partial charge in [0.15, 0.2) is 23.4 Å². The van der Waals surface area contributed by atoms with Crippen LogP contribution in [0.3, 0.4) is 0 Å². The Balaban J connectivity index is 1.46. The molecule has 2 aromatic heterocycles. The summed E-state index contributed by atoms with van der Waals surface area (Å²) >= 11 is 0. The van der Waals surface area contributed by atoms with Crippen molar-refractivity contribution in [3.05, 3.63) is 65.6 Å². The van der Waals surface area contributed by atoms with Crippen molar-refractivity contribution in [1.82, 2.24) is 19.7 Å². The van der Waals surface area contributed by atoms with E-state index in [0.29, 0.717) is 29.4 Å². The van der Waals surface area contributed by atoms with Gasteiger partial charge < -0.3 is 14.4 Å². The van der Waals surface area contributed by atoms with Crippen molar-refractivity contribution in [2.75, 3.05) is 20.2 Å². The Labute approximate surface area is 176 Å². The largest absolute Gasteiger partial charge is 0.486 e. The average Bonchev–Trinajstić information content (AvgIpc) is 3.13. The molecule has 0 N–H and O–H groups in total. The number of rotatable bonds is 4. The van der Waals surface area contributed by atoms with Gasteiger partial charge in [-0.15, -0.1) is 0 Å². The summed E-state index contributed by atoms with van der Waals surface area (Å²) in [6.07, 6.45) is -2.70. The lowest BCUT2D eigenvalue weighted by Crippen LogP contribution is -2.41. The van der Waals surface area contributed by atoms with Crippen LogP contribution in [0.2, 0.25) is 0 Å². The van der Waals surface area contributed by atoms with Gasteiger partial charge in [-0.05, 0) is 31.2 Å². The van der Waals surface area contributed by atoms with E-state index in [1.54, 1.807) is 20.0 Å². The number of aromatic nitrogens is 3. The molecular weight excluding hydrogens is 413 g/mol. The second-order valence-corrected chi connectivity index (χ2v) is 7.14. The molecular formula is C21H19F3N4O3. The summed E-state index contributed by atoms with van der Waals surface area (Å²) in [4.78, 5) is 18.2. The van der Waals surface area contributed by atoms with Gasteiger partial charge in [0.25, 0.3) is 5.91 Å². The molecule has 3 heterocycles. The molecule has 3 aromatic rings. The first kappa shape index (κ1) is 20.7. The van der Waals surface area contributed by atoms with Crippen molar-refractivity contribution in [3.8, 4) is 17.3 Å². The lowest BCUT2D eigenvalue weighted by Gasteiger charge is -2.29. The maximum atomic E-state index is 12.9. The summed E-state index contributed by atoms with van der Waals surface area (Å²) in [5, 5.41) is 4.13. The topological polar surface area (TPSA) is 69.5 Å². The van der Waals surface area contributed by atoms with E-state index in [1.165, 1.54) is 21.8 Å². The van der Waals surface area contributed by atoms with Crippen LogP contribution in [-0.2, 0) is 6.18 Å². The maximum Gasteiger partial charge on any atom is 0.417 e. The molecule has 4 rings (SSSR count). The molecule has 31 heavy (non-hydrogen) atoms. The number of ether oxygens (including phenoxy) is 2. The number of hydrogen-bond acceptors (Lipinski definition) is 5. The van der Waals surface area contributed by atoms with Crippen LogP contribution in [0, 0.1) is 6.92 Å². The summed E-state index contributed by atoms with van der Waals surface area (Å²) in [5.41, 5.74) is -0.0649. The first-order valence-electron chi connectivity index (χ1n) is 9.46. The number of pyridine rings is 1. The fourth-order valence-corrected chi connectivity index (χ4v) is 3.28. The molecule has 10 heteroatoms. The maximum absolute atomic E-state index is 12.9. The number of hydrogen-bond donors (Lipinski definition) is 0. The van der Waals surface area contributed by atoms with E-state index in [4.69, 9.17) is 9.47 Å². The Bertz CT molecular complexity index is 1100. The molecule has 0 fully saturated rings. The first-order valence-corrected chi connectivity index (χ1v) is 9.46. The van der Waals surface area contributed by atoms with E-state index in [0.717, 1.165) is 12.3 Å². The lowest BCUT2D eigenvalue weighted by molar-refractivity contribution is -0.137. The highest BCUT2D eigenvalue weighted by Crippen LogP contribution is 2.31. The van der Waals surface area contributed by atoms with Crippen LogP contribution in [0.25, 0.3) is 5.82 Å². The van der Waals surface area contributed by atoms with Crippen molar-refractivity contribution in [3.63, 3.8) is 0 Å². The number of likely N-dealkylation sites (N-methyl/N-ethyl adjacent to an activating group) is 1. The highest BCUT2D eigenvalue weighted by atomic mass is 19.4. The zero-order valence-corrected chi connectivity index (χ0v) is 16.8. The van der Waals surface area contributed by atoms with E-state index in [2.05, 4.69) is 10.1 Å². The monoisotopic (exact) mass is 432 g/mol. The quantitative estimate of drug-likeness (QED) is 0.631. The van der Waals surface area contributed by atoms with E-state index in [1.807, 2.05) is 18.2 Å². The van der Waals surface area contributed by atoms with Gasteiger partial charge in [-0.25, -0.2) is 9.67 Å². The number of fused-ring (bicyclic) bond motifs is 1. The van der Waals surface area contributed by atoms with Crippen LogP contribution in [0.5, 0.6) is 11.5 Å². The second kappa shape index (κ2) is 7.93. The molecule has 1 amide bonds. The van der Waals surface area contributed by atoms with Crippen LogP contribution in [0.4, 0.5) is 13.2 Å². The van der Waals surface area contributed by atoms with Crippen LogP contribution < -0.4 is 9.47 Å². The number of nitrogens with zero attached hydrogens (tertiary/aromatic N) is 4. The van der Waals surface area contributed by atoms with Gasteiger partial charge in [0.05, 0.1) is 29.6 Å². The SMILES string of the molecule is Cc1c(C(=O)N(C)C[C@@H]2COc3ccccc3O2)cnn1-c1ccc(C(F)(F)F)cn1. The summed E-state index contributed by atoms with van der Waals surface area (Å²) in [6, 6.07) is 9.44. The van der Waals surface area contributed by atoms with E-state index >= 15 is 0 Å². The fraction of sp³-hybridized carbons (Fsp3) is 0.286. The van der Waals surface area contributed by atoms with E-state index in [-0.39, 0.29) is 24.4 Å². The van der Waals surface area contributed by atoms with Crippen molar-refractivity contribution < 1.29 is 27.4 Å². The third kappa shape index (κ3) is 4.18. The minimum atomic E-state index is -4.47. The second-order valence-electron chi connectivity index (χ2n) is 7.14. The molecule has 0 radical (unpaired) electrons. The molecule has 0 bridgehead atoms. The molecule has 0 aliphatic carbocycles. The van der Waals surface area contributed by atoms with Crippen LogP contribution >= 0.6 is 0 Å². The number of benzene rings is 1. The highest BCUT2D eigenvalue weighted by Gasteiger charge is 2.31. The highest BCUT2D eigenvalue weighted by molar-refractivity contribution is 5.95. The third-order valence-corrected chi connectivity index (χ3v) is 4.92. The Morgan fingerprint density at radius 3 is 2.61 bits per heavy atom. The van der Waals surface area contributed by atoms with Gasteiger partial charge in [-0.1, -0.05) is 12.1 Å². The molecule has 7 nitrogen and oxygen atoms in total. The average molecular weight is 432 g/mol. The third-order valence-electron chi connectivity index (χ3n) is 4.92. The van der Waals surface area contributed by atoms with Gasteiger partial charge in [-0.2, -0.15) is 18.3 Å². The Kier molecular flexibility index (Phi) is 5.30. The molecule has 1 atom stereocenters. The predicted molar refractivity (Wildman–Crippen MR) is 104 cm³/mol. The lowest BCUT2D eigenvalue weighted by atomic mass is 10.2. The zero-order valence-electron chi connectivity index (χ0n) is 16.8. The molecule has 0 saturated heterocycles. The van der Waals surface area contributed by atoms with Crippen LogP contribution in [-0.4, -0.2) is 51.9 Å². The molecule has 1 aromatic carbocycles. The first-order chi connectivity index (χ1) is 14.7. The van der Waals surface area contributed by atoms with Crippen molar-refractivity contribution in [2.24, 2.45) is 0 Å². The number of alkyl halides is 3. The van der Waals surface area contributed by atoms with Gasteiger partial charge in [0.2, 0.25) is 0 Å². The van der Waals surface area contributed by atoms with Gasteiger partial charge in [0.1, 0.15) is 6.61 Å². The molecule has 0 spiro atoms. The summed E-state index contributed by atoms with van der Waals surface area (Å²) in [5.74, 6) is 1.18. The number of halogens is 3. The van der Waals surface area contributed by atoms with E-state index in [9.17, 15) is 18.0 Å². The van der Waals surface area contributed by atoms with Crippen molar-refractivity contribution >= 4 is 5.91 Å². The molecule has 0 saturated carbocycles. The minimum Gasteiger partial charge on any atom is -0.486 e. The van der Waals surface area contributed by atoms with Crippen molar-refractivity contribution in [2.45, 2.75) is 19.2 Å². The van der Waals surface area contributed by atoms with Crippen LogP contribution in [0.1, 0.15) is 21.6 Å². The molecule has 162 valence electrons. The Morgan fingerprint density at radius 2 is 1.94 bits per heavy atom. The van der Waals surface area contributed by atoms with Crippen LogP contribution in [0.15, 0.2) is 48.8 Å². The minimum absolute atomic E-state index is 0.188. The Hall–Kier alpha value is -3.56. The van der Waals surface area contributed by atoms with Gasteiger partial charge in [0, 0.05) is 13.2 Å². The van der Waals surface area contributed by atoms with Gasteiger partial charge in [-0.3, -0.25) is 4.79 Å². The predicted octanol–water partition coefficient (Wildman–Crippen LogP) is 3.51. The van der Waals surface area contributed by atoms with E-state index < -0.39 is 11.7 Å². The smallest absolute Gasteiger partial charge is 0.417 e.